The van der Waals surface area contributed by atoms with Gasteiger partial charge in [-0.3, -0.25) is 9.59 Å². The van der Waals surface area contributed by atoms with Crippen LogP contribution in [0.25, 0.3) is 0 Å². The standard InChI is InChI=1S/C19H16FN3O2/c1-23-17(24)12-11-16(22-23)19(25)21-18(13-5-3-2-4-6-13)14-7-9-15(20)10-8-14/h2-12,18H,1H3,(H,21,25). The van der Waals surface area contributed by atoms with Crippen LogP contribution in [0.2, 0.25) is 0 Å². The molecule has 2 aromatic carbocycles. The van der Waals surface area contributed by atoms with Crippen LogP contribution >= 0.6 is 0 Å². The van der Waals surface area contributed by atoms with Crippen LogP contribution in [0.1, 0.15) is 27.7 Å². The molecule has 126 valence electrons. The van der Waals surface area contributed by atoms with Crippen molar-refractivity contribution in [2.45, 2.75) is 6.04 Å². The first-order valence-corrected chi connectivity index (χ1v) is 7.70. The summed E-state index contributed by atoms with van der Waals surface area (Å²) in [5, 5.41) is 6.85. The number of aromatic nitrogens is 2. The Hall–Kier alpha value is -3.28. The minimum Gasteiger partial charge on any atom is -0.340 e. The van der Waals surface area contributed by atoms with E-state index < -0.39 is 11.9 Å². The number of carbonyl (C=O) groups excluding carboxylic acids is 1. The molecular formula is C19H16FN3O2. The minimum absolute atomic E-state index is 0.130. The maximum atomic E-state index is 13.2. The average molecular weight is 337 g/mol. The zero-order valence-corrected chi connectivity index (χ0v) is 13.5. The lowest BCUT2D eigenvalue weighted by atomic mass is 9.98. The Kier molecular flexibility index (Phi) is 4.70. The van der Waals surface area contributed by atoms with Crippen LogP contribution in [-0.2, 0) is 7.05 Å². The molecule has 0 radical (unpaired) electrons. The van der Waals surface area contributed by atoms with Crippen LogP contribution < -0.4 is 10.9 Å². The van der Waals surface area contributed by atoms with E-state index in [2.05, 4.69) is 10.4 Å². The van der Waals surface area contributed by atoms with Gasteiger partial charge in [0.25, 0.3) is 11.5 Å². The molecule has 1 aromatic heterocycles. The first-order chi connectivity index (χ1) is 12.0. The summed E-state index contributed by atoms with van der Waals surface area (Å²) in [6, 6.07) is 17.5. The van der Waals surface area contributed by atoms with Crippen molar-refractivity contribution in [2.75, 3.05) is 0 Å². The Morgan fingerprint density at radius 1 is 1.00 bits per heavy atom. The molecule has 1 atom stereocenters. The van der Waals surface area contributed by atoms with Gasteiger partial charge in [-0.15, -0.1) is 0 Å². The van der Waals surface area contributed by atoms with Gasteiger partial charge in [-0.1, -0.05) is 42.5 Å². The van der Waals surface area contributed by atoms with Crippen LogP contribution in [0, 0.1) is 5.82 Å². The molecule has 1 amide bonds. The smallest absolute Gasteiger partial charge is 0.272 e. The second-order valence-corrected chi connectivity index (χ2v) is 5.55. The van der Waals surface area contributed by atoms with Crippen LogP contribution in [0.3, 0.4) is 0 Å². The monoisotopic (exact) mass is 337 g/mol. The molecule has 0 saturated heterocycles. The Morgan fingerprint density at radius 3 is 2.28 bits per heavy atom. The molecule has 5 nitrogen and oxygen atoms in total. The van der Waals surface area contributed by atoms with E-state index in [4.69, 9.17) is 0 Å². The number of nitrogens with zero attached hydrogens (tertiary/aromatic N) is 2. The molecule has 1 N–H and O–H groups in total. The summed E-state index contributed by atoms with van der Waals surface area (Å²) in [6.45, 7) is 0. The lowest BCUT2D eigenvalue weighted by Gasteiger charge is -2.19. The van der Waals surface area contributed by atoms with Gasteiger partial charge in [0.1, 0.15) is 11.5 Å². The summed E-state index contributed by atoms with van der Waals surface area (Å²) in [4.78, 5) is 24.0. The average Bonchev–Trinajstić information content (AvgIpc) is 2.63. The minimum atomic E-state index is -0.465. The van der Waals surface area contributed by atoms with Gasteiger partial charge in [0.2, 0.25) is 0 Å². The number of hydrogen-bond acceptors (Lipinski definition) is 3. The maximum Gasteiger partial charge on any atom is 0.272 e. The van der Waals surface area contributed by atoms with Gasteiger partial charge in [-0.25, -0.2) is 9.07 Å². The molecule has 0 fully saturated rings. The normalized spacial score (nSPS) is 11.8. The van der Waals surface area contributed by atoms with E-state index in [1.165, 1.54) is 31.3 Å². The number of halogens is 1. The molecule has 3 aromatic rings. The molecule has 0 saturated carbocycles. The predicted molar refractivity (Wildman–Crippen MR) is 91.6 cm³/mol. The summed E-state index contributed by atoms with van der Waals surface area (Å²) in [6.07, 6.45) is 0. The molecule has 0 bridgehead atoms. The fraction of sp³-hybridized carbons (Fsp3) is 0.105. The van der Waals surface area contributed by atoms with Gasteiger partial charge in [0, 0.05) is 13.1 Å². The summed E-state index contributed by atoms with van der Waals surface area (Å²) in [7, 11) is 1.48. The Morgan fingerprint density at radius 2 is 1.64 bits per heavy atom. The van der Waals surface area contributed by atoms with Gasteiger partial charge >= 0.3 is 0 Å². The topological polar surface area (TPSA) is 64.0 Å². The molecule has 1 unspecified atom stereocenters. The number of aryl methyl sites for hydroxylation is 1. The highest BCUT2D eigenvalue weighted by atomic mass is 19.1. The highest BCUT2D eigenvalue weighted by Crippen LogP contribution is 2.22. The fourth-order valence-corrected chi connectivity index (χ4v) is 2.49. The summed E-state index contributed by atoms with van der Waals surface area (Å²) < 4.78 is 14.3. The van der Waals surface area contributed by atoms with Crippen molar-refractivity contribution in [3.8, 4) is 0 Å². The van der Waals surface area contributed by atoms with E-state index >= 15 is 0 Å². The lowest BCUT2D eigenvalue weighted by molar-refractivity contribution is 0.0935. The summed E-state index contributed by atoms with van der Waals surface area (Å²) >= 11 is 0. The highest BCUT2D eigenvalue weighted by molar-refractivity contribution is 5.92. The van der Waals surface area contributed by atoms with Gasteiger partial charge < -0.3 is 5.32 Å². The second kappa shape index (κ2) is 7.09. The molecule has 0 spiro atoms. The lowest BCUT2D eigenvalue weighted by Crippen LogP contribution is -2.32. The third-order valence-electron chi connectivity index (χ3n) is 3.80. The van der Waals surface area contributed by atoms with Crippen molar-refractivity contribution in [3.05, 3.63) is 99.7 Å². The van der Waals surface area contributed by atoms with Crippen molar-refractivity contribution in [1.82, 2.24) is 15.1 Å². The van der Waals surface area contributed by atoms with Crippen molar-refractivity contribution in [1.29, 1.82) is 0 Å². The first-order valence-electron chi connectivity index (χ1n) is 7.70. The largest absolute Gasteiger partial charge is 0.340 e. The van der Waals surface area contributed by atoms with E-state index in [1.807, 2.05) is 30.3 Å². The Labute approximate surface area is 143 Å². The van der Waals surface area contributed by atoms with Gasteiger partial charge in [0.15, 0.2) is 0 Å². The van der Waals surface area contributed by atoms with Gasteiger partial charge in [0.05, 0.1) is 6.04 Å². The number of rotatable bonds is 4. The fourth-order valence-electron chi connectivity index (χ4n) is 2.49. The van der Waals surface area contributed by atoms with E-state index in [1.54, 1.807) is 12.1 Å². The van der Waals surface area contributed by atoms with Crippen molar-refractivity contribution >= 4 is 5.91 Å². The first kappa shape index (κ1) is 16.6. The molecule has 1 heterocycles. The maximum absolute atomic E-state index is 13.2. The number of carbonyl (C=O) groups is 1. The van der Waals surface area contributed by atoms with Crippen molar-refractivity contribution in [2.24, 2.45) is 7.05 Å². The van der Waals surface area contributed by atoms with Crippen molar-refractivity contribution < 1.29 is 9.18 Å². The van der Waals surface area contributed by atoms with Crippen LogP contribution in [-0.4, -0.2) is 15.7 Å². The third kappa shape index (κ3) is 3.80. The van der Waals surface area contributed by atoms with Crippen LogP contribution in [0.15, 0.2) is 71.5 Å². The molecule has 0 aliphatic rings. The van der Waals surface area contributed by atoms with Gasteiger partial charge in [-0.05, 0) is 29.3 Å². The molecule has 0 aliphatic carbocycles. The Balaban J connectivity index is 1.94. The number of amides is 1. The van der Waals surface area contributed by atoms with Gasteiger partial charge in [-0.2, -0.15) is 5.10 Å². The molecule has 3 rings (SSSR count). The highest BCUT2D eigenvalue weighted by Gasteiger charge is 2.19. The second-order valence-electron chi connectivity index (χ2n) is 5.55. The summed E-state index contributed by atoms with van der Waals surface area (Å²) in [5.74, 6) is -0.768. The van der Waals surface area contributed by atoms with E-state index in [0.29, 0.717) is 0 Å². The molecule has 0 aliphatic heterocycles. The predicted octanol–water partition coefficient (Wildman–Crippen LogP) is 2.44. The molecular weight excluding hydrogens is 321 g/mol. The number of hydrogen-bond donors (Lipinski definition) is 1. The van der Waals surface area contributed by atoms with Crippen LogP contribution in [0.5, 0.6) is 0 Å². The van der Waals surface area contributed by atoms with Crippen molar-refractivity contribution in [3.63, 3.8) is 0 Å². The molecule has 25 heavy (non-hydrogen) atoms. The zero-order valence-electron chi connectivity index (χ0n) is 13.5. The summed E-state index contributed by atoms with van der Waals surface area (Å²) in [5.41, 5.74) is 1.43. The Bertz CT molecular complexity index is 937. The number of benzene rings is 2. The molecule has 6 heteroatoms. The van der Waals surface area contributed by atoms with Crippen LogP contribution in [0.4, 0.5) is 4.39 Å². The zero-order chi connectivity index (χ0) is 17.8. The number of nitrogens with one attached hydrogen (secondary N) is 1. The van der Waals surface area contributed by atoms with E-state index in [0.717, 1.165) is 15.8 Å². The van der Waals surface area contributed by atoms with E-state index in [-0.39, 0.29) is 17.1 Å². The third-order valence-corrected chi connectivity index (χ3v) is 3.80. The SMILES string of the molecule is Cn1nc(C(=O)NC(c2ccccc2)c2ccc(F)cc2)ccc1=O. The quantitative estimate of drug-likeness (QED) is 0.795. The van der Waals surface area contributed by atoms with E-state index in [9.17, 15) is 14.0 Å².